The molecule has 0 fully saturated rings. The molecule has 2 atom stereocenters. The minimum absolute atomic E-state index is 0.0655. The van der Waals surface area contributed by atoms with Crippen molar-refractivity contribution in [1.82, 2.24) is 10.6 Å². The van der Waals surface area contributed by atoms with Gasteiger partial charge in [-0.05, 0) is 75.4 Å². The average molecular weight is 472 g/mol. The summed E-state index contributed by atoms with van der Waals surface area (Å²) >= 11 is 5.95. The summed E-state index contributed by atoms with van der Waals surface area (Å²) in [5.74, 6) is 1.47. The maximum atomic E-state index is 6.27. The van der Waals surface area contributed by atoms with Crippen molar-refractivity contribution in [3.05, 3.63) is 76.3 Å². The minimum Gasteiger partial charge on any atom is -0.489 e. The number of hydrogen-bond acceptors (Lipinski definition) is 4. The van der Waals surface area contributed by atoms with Crippen molar-refractivity contribution in [2.75, 3.05) is 13.1 Å². The third-order valence-electron chi connectivity index (χ3n) is 5.44. The van der Waals surface area contributed by atoms with Gasteiger partial charge in [0, 0.05) is 29.7 Å². The van der Waals surface area contributed by atoms with Crippen LogP contribution >= 0.6 is 11.6 Å². The molecule has 2 aromatic rings. The van der Waals surface area contributed by atoms with Crippen LogP contribution in [0.5, 0.6) is 5.75 Å². The first-order chi connectivity index (χ1) is 15.5. The number of nitrogens with one attached hydrogen (secondary N) is 2. The molecule has 0 amide bonds. The van der Waals surface area contributed by atoms with Crippen LogP contribution in [-0.4, -0.2) is 24.7 Å². The Morgan fingerprint density at radius 3 is 2.27 bits per heavy atom. The van der Waals surface area contributed by atoms with Crippen LogP contribution < -0.4 is 21.1 Å². The van der Waals surface area contributed by atoms with Crippen molar-refractivity contribution in [2.24, 2.45) is 11.7 Å². The van der Waals surface area contributed by atoms with Crippen LogP contribution in [0, 0.1) is 5.92 Å². The molecular formula is C28H42ClN3O. The average Bonchev–Trinajstić information content (AvgIpc) is 2.75. The number of halogens is 1. The van der Waals surface area contributed by atoms with E-state index < -0.39 is 0 Å². The fraction of sp³-hybridized carbons (Fsp3) is 0.500. The Hall–Kier alpha value is -1.85. The standard InChI is InChI=1S/C28H42ClN3O/c1-20(2)15-25(30)17-32-28(5,6)19-31-27(16-21(3)4)23-9-13-26(14-10-23)33-18-22-7-11-24(29)12-8-22/h7-14,16,20,25,27,31-32H,15,17-19,30H2,1-6H3/t25?,27-/m0/s1. The molecular weight excluding hydrogens is 430 g/mol. The highest BCUT2D eigenvalue weighted by atomic mass is 35.5. The van der Waals surface area contributed by atoms with E-state index in [0.29, 0.717) is 12.5 Å². The highest BCUT2D eigenvalue weighted by Crippen LogP contribution is 2.22. The fourth-order valence-electron chi connectivity index (χ4n) is 3.65. The van der Waals surface area contributed by atoms with Gasteiger partial charge in [0.05, 0.1) is 6.04 Å². The predicted molar refractivity (Wildman–Crippen MR) is 142 cm³/mol. The predicted octanol–water partition coefficient (Wildman–Crippen LogP) is 6.26. The fourth-order valence-corrected chi connectivity index (χ4v) is 3.77. The molecule has 0 aliphatic heterocycles. The first-order valence-electron chi connectivity index (χ1n) is 11.9. The molecule has 0 radical (unpaired) electrons. The van der Waals surface area contributed by atoms with Gasteiger partial charge in [0.1, 0.15) is 12.4 Å². The van der Waals surface area contributed by atoms with Gasteiger partial charge in [-0.1, -0.05) is 61.4 Å². The maximum absolute atomic E-state index is 6.27. The van der Waals surface area contributed by atoms with E-state index in [9.17, 15) is 0 Å². The smallest absolute Gasteiger partial charge is 0.119 e. The molecule has 0 aromatic heterocycles. The molecule has 4 nitrogen and oxygen atoms in total. The lowest BCUT2D eigenvalue weighted by Gasteiger charge is -2.31. The summed E-state index contributed by atoms with van der Waals surface area (Å²) in [6.45, 7) is 15.3. The number of benzene rings is 2. The topological polar surface area (TPSA) is 59.3 Å². The Morgan fingerprint density at radius 1 is 1.06 bits per heavy atom. The Balaban J connectivity index is 1.95. The van der Waals surface area contributed by atoms with Crippen molar-refractivity contribution in [3.63, 3.8) is 0 Å². The molecule has 0 bridgehead atoms. The van der Waals surface area contributed by atoms with Gasteiger partial charge in [-0.3, -0.25) is 0 Å². The van der Waals surface area contributed by atoms with Crippen LogP contribution in [0.3, 0.4) is 0 Å². The van der Waals surface area contributed by atoms with Gasteiger partial charge in [-0.2, -0.15) is 0 Å². The van der Waals surface area contributed by atoms with Crippen LogP contribution in [0.15, 0.2) is 60.2 Å². The number of ether oxygens (including phenoxy) is 1. The van der Waals surface area contributed by atoms with Gasteiger partial charge >= 0.3 is 0 Å². The third-order valence-corrected chi connectivity index (χ3v) is 5.69. The first-order valence-corrected chi connectivity index (χ1v) is 12.3. The second-order valence-corrected chi connectivity index (χ2v) is 10.7. The van der Waals surface area contributed by atoms with Gasteiger partial charge < -0.3 is 21.1 Å². The highest BCUT2D eigenvalue weighted by molar-refractivity contribution is 6.30. The van der Waals surface area contributed by atoms with Crippen molar-refractivity contribution in [2.45, 2.75) is 72.2 Å². The van der Waals surface area contributed by atoms with E-state index in [2.05, 4.69) is 70.4 Å². The quantitative estimate of drug-likeness (QED) is 0.302. The first kappa shape index (κ1) is 27.4. The lowest BCUT2D eigenvalue weighted by Crippen LogP contribution is -2.52. The summed E-state index contributed by atoms with van der Waals surface area (Å²) < 4.78 is 5.94. The van der Waals surface area contributed by atoms with Gasteiger partial charge in [-0.25, -0.2) is 0 Å². The van der Waals surface area contributed by atoms with Crippen molar-refractivity contribution < 1.29 is 4.74 Å². The molecule has 0 saturated heterocycles. The van der Waals surface area contributed by atoms with E-state index >= 15 is 0 Å². The zero-order chi connectivity index (χ0) is 24.4. The largest absolute Gasteiger partial charge is 0.489 e. The van der Waals surface area contributed by atoms with Crippen molar-refractivity contribution in [3.8, 4) is 5.75 Å². The van der Waals surface area contributed by atoms with Gasteiger partial charge in [0.25, 0.3) is 0 Å². The maximum Gasteiger partial charge on any atom is 0.119 e. The van der Waals surface area contributed by atoms with Gasteiger partial charge in [-0.15, -0.1) is 0 Å². The minimum atomic E-state index is -0.0655. The van der Waals surface area contributed by atoms with Crippen LogP contribution in [-0.2, 0) is 6.61 Å². The molecule has 0 aliphatic carbocycles. The van der Waals surface area contributed by atoms with Crippen LogP contribution in [0.2, 0.25) is 5.02 Å². The second-order valence-electron chi connectivity index (χ2n) is 10.2. The van der Waals surface area contributed by atoms with E-state index in [-0.39, 0.29) is 17.6 Å². The summed E-state index contributed by atoms with van der Waals surface area (Å²) in [7, 11) is 0. The zero-order valence-corrected chi connectivity index (χ0v) is 21.9. The Kier molecular flexibility index (Phi) is 10.9. The number of allylic oxidation sites excluding steroid dienone is 1. The molecule has 2 rings (SSSR count). The third kappa shape index (κ3) is 10.7. The summed E-state index contributed by atoms with van der Waals surface area (Å²) in [6.07, 6.45) is 3.30. The molecule has 33 heavy (non-hydrogen) atoms. The van der Waals surface area contributed by atoms with Crippen LogP contribution in [0.4, 0.5) is 0 Å². The number of rotatable bonds is 13. The van der Waals surface area contributed by atoms with Crippen molar-refractivity contribution in [1.29, 1.82) is 0 Å². The van der Waals surface area contributed by atoms with E-state index in [1.807, 2.05) is 36.4 Å². The van der Waals surface area contributed by atoms with E-state index in [0.717, 1.165) is 35.8 Å². The molecule has 182 valence electrons. The SMILES string of the molecule is CC(C)=C[C@H](NCC(C)(C)NCC(N)CC(C)C)c1ccc(OCc2ccc(Cl)cc2)cc1. The molecule has 0 saturated carbocycles. The Bertz CT molecular complexity index is 856. The lowest BCUT2D eigenvalue weighted by molar-refractivity contribution is 0.306. The molecule has 2 aromatic carbocycles. The molecule has 1 unspecified atom stereocenters. The number of nitrogens with two attached hydrogens (primary N) is 1. The van der Waals surface area contributed by atoms with Gasteiger partial charge in [0.2, 0.25) is 0 Å². The molecule has 0 aliphatic rings. The van der Waals surface area contributed by atoms with Crippen molar-refractivity contribution >= 4 is 11.6 Å². The normalized spacial score (nSPS) is 13.6. The zero-order valence-electron chi connectivity index (χ0n) is 21.1. The summed E-state index contributed by atoms with van der Waals surface area (Å²) in [6, 6.07) is 16.4. The lowest BCUT2D eigenvalue weighted by atomic mass is 9.99. The molecule has 0 spiro atoms. The van der Waals surface area contributed by atoms with E-state index in [1.165, 1.54) is 11.1 Å². The molecule has 5 heteroatoms. The number of hydrogen-bond donors (Lipinski definition) is 3. The monoisotopic (exact) mass is 471 g/mol. The molecule has 4 N–H and O–H groups in total. The summed E-state index contributed by atoms with van der Waals surface area (Å²) in [5, 5.41) is 8.09. The van der Waals surface area contributed by atoms with Gasteiger partial charge in [0.15, 0.2) is 0 Å². The van der Waals surface area contributed by atoms with Crippen LogP contribution in [0.25, 0.3) is 0 Å². The summed E-state index contributed by atoms with van der Waals surface area (Å²) in [4.78, 5) is 0. The van der Waals surface area contributed by atoms with Crippen LogP contribution in [0.1, 0.15) is 65.1 Å². The van der Waals surface area contributed by atoms with E-state index in [4.69, 9.17) is 22.1 Å². The second kappa shape index (κ2) is 13.1. The summed E-state index contributed by atoms with van der Waals surface area (Å²) in [5.41, 5.74) is 9.78. The van der Waals surface area contributed by atoms with E-state index in [1.54, 1.807) is 0 Å². The Morgan fingerprint density at radius 2 is 1.70 bits per heavy atom. The molecule has 0 heterocycles. The Labute approximate surface area is 205 Å². The highest BCUT2D eigenvalue weighted by Gasteiger charge is 2.20.